The van der Waals surface area contributed by atoms with Crippen LogP contribution in [0.25, 0.3) is 28.3 Å². The summed E-state index contributed by atoms with van der Waals surface area (Å²) in [5.74, 6) is -0.00485. The van der Waals surface area contributed by atoms with Crippen molar-refractivity contribution in [1.29, 1.82) is 5.26 Å². The lowest BCUT2D eigenvalue weighted by molar-refractivity contribution is 0.612. The van der Waals surface area contributed by atoms with Gasteiger partial charge >= 0.3 is 0 Å². The molecule has 0 radical (unpaired) electrons. The quantitative estimate of drug-likeness (QED) is 0.432. The Balaban J connectivity index is 1.76. The fraction of sp³-hybridized carbons (Fsp3) is 0.0435. The van der Waals surface area contributed by atoms with Crippen LogP contribution in [-0.2, 0) is 6.42 Å². The molecule has 3 heterocycles. The summed E-state index contributed by atoms with van der Waals surface area (Å²) >= 11 is 6.19. The third-order valence-corrected chi connectivity index (χ3v) is 5.39. The van der Waals surface area contributed by atoms with Crippen LogP contribution in [0.3, 0.4) is 0 Å². The largest absolute Gasteiger partial charge is 0.381 e. The standard InChI is InChI=1S/C23H14ClFN8/c24-16-5-2-6-17(25)15(16)10-19-30-23-22(27)31-20(14-4-1-3-13(9-14)11-26)21(33(23)32-19)18-7-8-28-12-29-18/h1-9,12H,10H2,(H2,27,31). The number of hydrogen-bond acceptors (Lipinski definition) is 7. The molecule has 0 amide bonds. The van der Waals surface area contributed by atoms with Crippen LogP contribution in [0.15, 0.2) is 61.1 Å². The number of hydrogen-bond donors (Lipinski definition) is 1. The molecule has 5 rings (SSSR count). The molecule has 33 heavy (non-hydrogen) atoms. The van der Waals surface area contributed by atoms with Crippen LogP contribution in [0, 0.1) is 17.1 Å². The average molecular weight is 457 g/mol. The second-order valence-corrected chi connectivity index (χ2v) is 7.53. The van der Waals surface area contributed by atoms with Crippen molar-refractivity contribution in [3.05, 3.63) is 88.8 Å². The molecule has 0 aliphatic rings. The van der Waals surface area contributed by atoms with Gasteiger partial charge in [-0.3, -0.25) is 0 Å². The van der Waals surface area contributed by atoms with Gasteiger partial charge in [0.2, 0.25) is 0 Å². The highest BCUT2D eigenvalue weighted by atomic mass is 35.5. The second kappa shape index (κ2) is 8.26. The minimum atomic E-state index is -0.447. The highest BCUT2D eigenvalue weighted by molar-refractivity contribution is 6.31. The maximum absolute atomic E-state index is 14.3. The first-order valence-electron chi connectivity index (χ1n) is 9.80. The number of nitriles is 1. The van der Waals surface area contributed by atoms with E-state index in [1.54, 1.807) is 36.5 Å². The number of nitrogens with zero attached hydrogens (tertiary/aromatic N) is 7. The predicted molar refractivity (Wildman–Crippen MR) is 121 cm³/mol. The number of rotatable bonds is 4. The Kier molecular flexibility index (Phi) is 5.12. The highest BCUT2D eigenvalue weighted by Gasteiger charge is 2.21. The van der Waals surface area contributed by atoms with Crippen LogP contribution in [0.4, 0.5) is 10.2 Å². The smallest absolute Gasteiger partial charge is 0.198 e. The summed E-state index contributed by atoms with van der Waals surface area (Å²) in [5.41, 5.74) is 9.46. The number of benzene rings is 2. The summed E-state index contributed by atoms with van der Waals surface area (Å²) in [6, 6.07) is 15.3. The molecule has 0 bridgehead atoms. The van der Waals surface area contributed by atoms with Crippen LogP contribution in [0.5, 0.6) is 0 Å². The minimum Gasteiger partial charge on any atom is -0.381 e. The molecule has 0 unspecified atom stereocenters. The van der Waals surface area contributed by atoms with Gasteiger partial charge < -0.3 is 5.73 Å². The van der Waals surface area contributed by atoms with Gasteiger partial charge in [0.15, 0.2) is 17.3 Å². The summed E-state index contributed by atoms with van der Waals surface area (Å²) < 4.78 is 15.9. The predicted octanol–water partition coefficient (Wildman–Crippen LogP) is 4.09. The number of nitrogens with two attached hydrogens (primary N) is 1. The molecule has 0 fully saturated rings. The van der Waals surface area contributed by atoms with E-state index in [9.17, 15) is 9.65 Å². The van der Waals surface area contributed by atoms with Crippen LogP contribution in [-0.4, -0.2) is 29.5 Å². The number of aromatic nitrogens is 6. The lowest BCUT2D eigenvalue weighted by Crippen LogP contribution is -2.06. The molecule has 5 aromatic rings. The molecule has 10 heteroatoms. The fourth-order valence-corrected chi connectivity index (χ4v) is 3.76. The maximum atomic E-state index is 14.3. The van der Waals surface area contributed by atoms with Crippen molar-refractivity contribution < 1.29 is 4.39 Å². The van der Waals surface area contributed by atoms with E-state index < -0.39 is 5.82 Å². The molecule has 0 saturated heterocycles. The van der Waals surface area contributed by atoms with E-state index >= 15 is 0 Å². The molecule has 8 nitrogen and oxygen atoms in total. The zero-order chi connectivity index (χ0) is 22.9. The number of halogens is 2. The van der Waals surface area contributed by atoms with Crippen LogP contribution >= 0.6 is 11.6 Å². The third kappa shape index (κ3) is 3.73. The zero-order valence-electron chi connectivity index (χ0n) is 16.9. The molecular formula is C23H14ClFN8. The Bertz CT molecular complexity index is 1520. The van der Waals surface area contributed by atoms with Gasteiger partial charge in [-0.05, 0) is 30.3 Å². The first kappa shape index (κ1) is 20.5. The highest BCUT2D eigenvalue weighted by Crippen LogP contribution is 2.32. The monoisotopic (exact) mass is 456 g/mol. The summed E-state index contributed by atoms with van der Waals surface area (Å²) in [5, 5.41) is 14.2. The number of anilines is 1. The van der Waals surface area contributed by atoms with Crippen LogP contribution in [0.2, 0.25) is 5.02 Å². The Hall–Kier alpha value is -4.42. The lowest BCUT2D eigenvalue weighted by atomic mass is 10.0. The average Bonchev–Trinajstić information content (AvgIpc) is 3.26. The van der Waals surface area contributed by atoms with Gasteiger partial charge in [0, 0.05) is 28.8 Å². The number of nitrogen functional groups attached to an aromatic ring is 1. The molecule has 2 aromatic carbocycles. The van der Waals surface area contributed by atoms with Crippen molar-refractivity contribution in [1.82, 2.24) is 29.5 Å². The van der Waals surface area contributed by atoms with Crippen LogP contribution in [0.1, 0.15) is 17.0 Å². The van der Waals surface area contributed by atoms with Crippen molar-refractivity contribution in [3.8, 4) is 28.7 Å². The molecular weight excluding hydrogens is 443 g/mol. The normalized spacial score (nSPS) is 10.9. The first-order valence-corrected chi connectivity index (χ1v) is 10.2. The summed E-state index contributed by atoms with van der Waals surface area (Å²) in [6.45, 7) is 0. The minimum absolute atomic E-state index is 0.0646. The van der Waals surface area contributed by atoms with E-state index in [0.717, 1.165) is 0 Å². The Labute approximate surface area is 192 Å². The Morgan fingerprint density at radius 2 is 1.97 bits per heavy atom. The van der Waals surface area contributed by atoms with E-state index in [1.807, 2.05) is 6.07 Å². The van der Waals surface area contributed by atoms with E-state index in [2.05, 4.69) is 31.1 Å². The zero-order valence-corrected chi connectivity index (χ0v) is 17.7. The van der Waals surface area contributed by atoms with Crippen molar-refractivity contribution in [2.24, 2.45) is 0 Å². The van der Waals surface area contributed by atoms with Gasteiger partial charge in [-0.2, -0.15) is 10.4 Å². The molecule has 0 atom stereocenters. The summed E-state index contributed by atoms with van der Waals surface area (Å²) in [4.78, 5) is 17.4. The van der Waals surface area contributed by atoms with Gasteiger partial charge in [0.25, 0.3) is 0 Å². The molecule has 3 aromatic heterocycles. The third-order valence-electron chi connectivity index (χ3n) is 5.03. The fourth-order valence-electron chi connectivity index (χ4n) is 3.53. The molecule has 2 N–H and O–H groups in total. The van der Waals surface area contributed by atoms with Gasteiger partial charge in [-0.15, -0.1) is 0 Å². The summed E-state index contributed by atoms with van der Waals surface area (Å²) in [7, 11) is 0. The maximum Gasteiger partial charge on any atom is 0.198 e. The molecule has 160 valence electrons. The van der Waals surface area contributed by atoms with E-state index in [0.29, 0.717) is 39.7 Å². The van der Waals surface area contributed by atoms with E-state index in [4.69, 9.17) is 17.3 Å². The Morgan fingerprint density at radius 3 is 2.73 bits per heavy atom. The molecule has 0 aliphatic carbocycles. The lowest BCUT2D eigenvalue weighted by Gasteiger charge is -2.11. The van der Waals surface area contributed by atoms with Crippen molar-refractivity contribution in [3.63, 3.8) is 0 Å². The SMILES string of the molecule is N#Cc1cccc(-c2nc(N)c3nc(Cc4c(F)cccc4Cl)nn3c2-c2ccncn2)c1. The first-order chi connectivity index (χ1) is 16.0. The van der Waals surface area contributed by atoms with Gasteiger partial charge in [0.05, 0.1) is 17.3 Å². The molecule has 0 spiro atoms. The van der Waals surface area contributed by atoms with Crippen molar-refractivity contribution >= 4 is 23.1 Å². The van der Waals surface area contributed by atoms with Crippen molar-refractivity contribution in [2.75, 3.05) is 5.73 Å². The summed E-state index contributed by atoms with van der Waals surface area (Å²) in [6.07, 6.45) is 3.07. The van der Waals surface area contributed by atoms with Crippen LogP contribution < -0.4 is 5.73 Å². The topological polar surface area (TPSA) is 119 Å². The van der Waals surface area contributed by atoms with Gasteiger partial charge in [0.1, 0.15) is 23.5 Å². The van der Waals surface area contributed by atoms with E-state index in [-0.39, 0.29) is 22.8 Å². The number of fused-ring (bicyclic) bond motifs is 1. The second-order valence-electron chi connectivity index (χ2n) is 7.12. The Morgan fingerprint density at radius 1 is 1.12 bits per heavy atom. The molecule has 0 saturated carbocycles. The van der Waals surface area contributed by atoms with E-state index in [1.165, 1.54) is 23.0 Å². The van der Waals surface area contributed by atoms with Crippen molar-refractivity contribution in [2.45, 2.75) is 6.42 Å². The molecule has 0 aliphatic heterocycles. The van der Waals surface area contributed by atoms with Gasteiger partial charge in [-0.25, -0.2) is 28.8 Å². The van der Waals surface area contributed by atoms with Gasteiger partial charge in [-0.1, -0.05) is 29.8 Å².